The van der Waals surface area contributed by atoms with Gasteiger partial charge >= 0.3 is 0 Å². The molecule has 5 nitrogen and oxygen atoms in total. The van der Waals surface area contributed by atoms with Gasteiger partial charge in [0.15, 0.2) is 11.5 Å². The monoisotopic (exact) mass is 347 g/mol. The highest BCUT2D eigenvalue weighted by Crippen LogP contribution is 2.39. The Kier molecular flexibility index (Phi) is 4.45. The van der Waals surface area contributed by atoms with E-state index in [1.165, 1.54) is 11.8 Å². The summed E-state index contributed by atoms with van der Waals surface area (Å²) in [5, 5.41) is 1.70. The smallest absolute Gasteiger partial charge is 0.224 e. The van der Waals surface area contributed by atoms with Gasteiger partial charge in [-0.3, -0.25) is 0 Å². The van der Waals surface area contributed by atoms with Crippen LogP contribution in [0.3, 0.4) is 0 Å². The molecule has 23 heavy (non-hydrogen) atoms. The van der Waals surface area contributed by atoms with Crippen molar-refractivity contribution in [2.24, 2.45) is 0 Å². The molecule has 0 amide bonds. The molecule has 0 fully saturated rings. The average Bonchev–Trinajstić information content (AvgIpc) is 2.55. The molecular formula is C16H14ClN3O2S. The molecule has 2 aromatic carbocycles. The second kappa shape index (κ2) is 6.52. The minimum Gasteiger partial charge on any atom is -0.493 e. The van der Waals surface area contributed by atoms with Gasteiger partial charge in [0.2, 0.25) is 5.28 Å². The van der Waals surface area contributed by atoms with Gasteiger partial charge in [-0.25, -0.2) is 9.97 Å². The number of nitrogens with two attached hydrogens (primary N) is 1. The Hall–Kier alpha value is -2.18. The van der Waals surface area contributed by atoms with Crippen LogP contribution in [0.15, 0.2) is 46.3 Å². The molecular weight excluding hydrogens is 334 g/mol. The molecule has 0 saturated carbocycles. The summed E-state index contributed by atoms with van der Waals surface area (Å²) >= 11 is 7.49. The number of anilines is 1. The number of nitrogens with zero attached hydrogens (tertiary/aromatic N) is 2. The molecule has 0 saturated heterocycles. The maximum atomic E-state index is 6.06. The normalized spacial score (nSPS) is 10.7. The van der Waals surface area contributed by atoms with Crippen molar-refractivity contribution in [3.05, 3.63) is 41.7 Å². The van der Waals surface area contributed by atoms with Crippen molar-refractivity contribution in [3.63, 3.8) is 0 Å². The Morgan fingerprint density at radius 1 is 1.04 bits per heavy atom. The first kappa shape index (κ1) is 15.7. The quantitative estimate of drug-likeness (QED) is 0.436. The number of fused-ring (bicyclic) bond motifs is 1. The van der Waals surface area contributed by atoms with Crippen LogP contribution in [0, 0.1) is 0 Å². The zero-order valence-electron chi connectivity index (χ0n) is 12.5. The lowest BCUT2D eigenvalue weighted by molar-refractivity contribution is 0.355. The second-order valence-corrected chi connectivity index (χ2v) is 6.03. The van der Waals surface area contributed by atoms with Crippen LogP contribution in [0.25, 0.3) is 10.9 Å². The maximum Gasteiger partial charge on any atom is 0.224 e. The van der Waals surface area contributed by atoms with Crippen LogP contribution < -0.4 is 15.2 Å². The third-order valence-electron chi connectivity index (χ3n) is 3.26. The lowest BCUT2D eigenvalue weighted by Crippen LogP contribution is -1.95. The van der Waals surface area contributed by atoms with Crippen molar-refractivity contribution in [1.29, 1.82) is 0 Å². The number of hydrogen-bond donors (Lipinski definition) is 1. The summed E-state index contributed by atoms with van der Waals surface area (Å²) in [6.07, 6.45) is 0. The maximum absolute atomic E-state index is 6.06. The van der Waals surface area contributed by atoms with Crippen molar-refractivity contribution in [2.75, 3.05) is 20.0 Å². The summed E-state index contributed by atoms with van der Waals surface area (Å²) in [5.74, 6) is 1.19. The summed E-state index contributed by atoms with van der Waals surface area (Å²) in [6.45, 7) is 0. The molecule has 7 heteroatoms. The highest BCUT2D eigenvalue weighted by atomic mass is 35.5. The van der Waals surface area contributed by atoms with E-state index < -0.39 is 0 Å². The molecule has 0 atom stereocenters. The van der Waals surface area contributed by atoms with Crippen molar-refractivity contribution >= 4 is 40.0 Å². The van der Waals surface area contributed by atoms with Crippen LogP contribution in [0.1, 0.15) is 0 Å². The summed E-state index contributed by atoms with van der Waals surface area (Å²) in [4.78, 5) is 9.49. The molecule has 0 aliphatic carbocycles. The first-order valence-corrected chi connectivity index (χ1v) is 7.93. The summed E-state index contributed by atoms with van der Waals surface area (Å²) < 4.78 is 10.7. The molecule has 1 aromatic heterocycles. The van der Waals surface area contributed by atoms with E-state index in [2.05, 4.69) is 9.97 Å². The average molecular weight is 348 g/mol. The predicted octanol–water partition coefficient (Wildman–Crippen LogP) is 4.03. The van der Waals surface area contributed by atoms with E-state index >= 15 is 0 Å². The van der Waals surface area contributed by atoms with Crippen molar-refractivity contribution in [1.82, 2.24) is 9.97 Å². The van der Waals surface area contributed by atoms with Gasteiger partial charge in [-0.15, -0.1) is 0 Å². The molecule has 0 unspecified atom stereocenters. The van der Waals surface area contributed by atoms with E-state index in [4.69, 9.17) is 26.8 Å². The topological polar surface area (TPSA) is 70.3 Å². The van der Waals surface area contributed by atoms with Crippen molar-refractivity contribution in [2.45, 2.75) is 9.92 Å². The van der Waals surface area contributed by atoms with E-state index in [0.29, 0.717) is 27.7 Å². The van der Waals surface area contributed by atoms with Gasteiger partial charge < -0.3 is 15.2 Å². The number of hydrogen-bond acceptors (Lipinski definition) is 6. The first-order valence-electron chi connectivity index (χ1n) is 6.74. The zero-order valence-corrected chi connectivity index (χ0v) is 14.1. The molecule has 3 rings (SSSR count). The fourth-order valence-corrected chi connectivity index (χ4v) is 3.33. The standard InChI is InChI=1S/C16H14ClN3O2S/c1-21-12-7-9-11(8-13(12)22-2)19-16(17)20-15(9)23-14-6-4-3-5-10(14)18/h3-8H,18H2,1-2H3. The van der Waals surface area contributed by atoms with Gasteiger partial charge in [-0.05, 0) is 29.8 Å². The number of rotatable bonds is 4. The van der Waals surface area contributed by atoms with Crippen LogP contribution >= 0.6 is 23.4 Å². The Balaban J connectivity index is 2.17. The van der Waals surface area contributed by atoms with Gasteiger partial charge in [-0.1, -0.05) is 23.9 Å². The summed E-state index contributed by atoms with van der Waals surface area (Å²) in [5.41, 5.74) is 7.37. The third kappa shape index (κ3) is 3.13. The number of halogens is 1. The van der Waals surface area contributed by atoms with Gasteiger partial charge in [0.05, 0.1) is 19.7 Å². The first-order chi connectivity index (χ1) is 11.1. The number of aromatic nitrogens is 2. The second-order valence-electron chi connectivity index (χ2n) is 4.66. The SMILES string of the molecule is COc1cc2nc(Cl)nc(Sc3ccccc3N)c2cc1OC. The van der Waals surface area contributed by atoms with E-state index in [1.807, 2.05) is 30.3 Å². The van der Waals surface area contributed by atoms with Crippen LogP contribution in [0.5, 0.6) is 11.5 Å². The lowest BCUT2D eigenvalue weighted by atomic mass is 10.2. The third-order valence-corrected chi connectivity index (χ3v) is 4.53. The van der Waals surface area contributed by atoms with Crippen molar-refractivity contribution < 1.29 is 9.47 Å². The molecule has 1 heterocycles. The molecule has 0 aliphatic rings. The van der Waals surface area contributed by atoms with Crippen LogP contribution in [0.2, 0.25) is 5.28 Å². The van der Waals surface area contributed by atoms with Gasteiger partial charge in [0, 0.05) is 22.0 Å². The predicted molar refractivity (Wildman–Crippen MR) is 92.6 cm³/mol. The molecule has 3 aromatic rings. The van der Waals surface area contributed by atoms with E-state index in [9.17, 15) is 0 Å². The Morgan fingerprint density at radius 3 is 2.43 bits per heavy atom. The van der Waals surface area contributed by atoms with Crippen LogP contribution in [0.4, 0.5) is 5.69 Å². The zero-order chi connectivity index (χ0) is 16.4. The van der Waals surface area contributed by atoms with Gasteiger partial charge in [0.1, 0.15) is 5.03 Å². The van der Waals surface area contributed by atoms with Crippen LogP contribution in [-0.4, -0.2) is 24.2 Å². The summed E-state index contributed by atoms with van der Waals surface area (Å²) in [7, 11) is 3.16. The molecule has 118 valence electrons. The minimum absolute atomic E-state index is 0.168. The fraction of sp³-hybridized carbons (Fsp3) is 0.125. The number of methoxy groups -OCH3 is 2. The van der Waals surface area contributed by atoms with Gasteiger partial charge in [-0.2, -0.15) is 0 Å². The number of ether oxygens (including phenoxy) is 2. The molecule has 2 N–H and O–H groups in total. The van der Waals surface area contributed by atoms with E-state index in [-0.39, 0.29) is 5.28 Å². The fourth-order valence-electron chi connectivity index (χ4n) is 2.16. The molecule has 0 bridgehead atoms. The summed E-state index contributed by atoms with van der Waals surface area (Å²) in [6, 6.07) is 11.2. The highest BCUT2D eigenvalue weighted by Gasteiger charge is 2.14. The van der Waals surface area contributed by atoms with E-state index in [0.717, 1.165) is 10.3 Å². The van der Waals surface area contributed by atoms with Gasteiger partial charge in [0.25, 0.3) is 0 Å². The van der Waals surface area contributed by atoms with E-state index in [1.54, 1.807) is 20.3 Å². The largest absolute Gasteiger partial charge is 0.493 e. The number of nitrogen functional groups attached to an aromatic ring is 1. The Bertz CT molecular complexity index is 873. The molecule has 0 spiro atoms. The highest BCUT2D eigenvalue weighted by molar-refractivity contribution is 7.99. The minimum atomic E-state index is 0.168. The molecule has 0 radical (unpaired) electrons. The number of benzene rings is 2. The van der Waals surface area contributed by atoms with Crippen molar-refractivity contribution in [3.8, 4) is 11.5 Å². The number of para-hydroxylation sites is 1. The Morgan fingerprint density at radius 2 is 1.74 bits per heavy atom. The molecule has 0 aliphatic heterocycles. The lowest BCUT2D eigenvalue weighted by Gasteiger charge is -2.11. The van der Waals surface area contributed by atoms with Crippen LogP contribution in [-0.2, 0) is 0 Å². The Labute approximate surface area is 142 Å².